The molecule has 1 aliphatic rings. The van der Waals surface area contributed by atoms with E-state index in [9.17, 15) is 0 Å². The molecule has 0 spiro atoms. The van der Waals surface area contributed by atoms with E-state index in [-0.39, 0.29) is 12.1 Å². The van der Waals surface area contributed by atoms with Gasteiger partial charge in [0, 0.05) is 42.2 Å². The zero-order chi connectivity index (χ0) is 22.9. The molecule has 0 aliphatic carbocycles. The van der Waals surface area contributed by atoms with Gasteiger partial charge in [0.1, 0.15) is 0 Å². The van der Waals surface area contributed by atoms with Crippen molar-refractivity contribution in [1.29, 1.82) is 0 Å². The Morgan fingerprint density at radius 1 is 0.970 bits per heavy atom. The van der Waals surface area contributed by atoms with Gasteiger partial charge in [0.2, 0.25) is 0 Å². The summed E-state index contributed by atoms with van der Waals surface area (Å²) in [6.07, 6.45) is 5.59. The van der Waals surface area contributed by atoms with Gasteiger partial charge < -0.3 is 14.8 Å². The molecule has 0 saturated carbocycles. The molecule has 1 aromatic carbocycles. The number of anilines is 1. The second-order valence-electron chi connectivity index (χ2n) is 8.61. The van der Waals surface area contributed by atoms with Crippen LogP contribution in [0.3, 0.4) is 0 Å². The van der Waals surface area contributed by atoms with Crippen LogP contribution in [0.25, 0.3) is 0 Å². The summed E-state index contributed by atoms with van der Waals surface area (Å²) in [4.78, 5) is 11.2. The molecule has 0 unspecified atom stereocenters. The average molecular weight is 454 g/mol. The number of aromatic nitrogens is 3. The predicted molar refractivity (Wildman–Crippen MR) is 136 cm³/mol. The summed E-state index contributed by atoms with van der Waals surface area (Å²) in [6, 6.07) is 20.9. The first kappa shape index (κ1) is 21.3. The minimum absolute atomic E-state index is 0.0111. The molecule has 4 aromatic rings. The normalized spacial score (nSPS) is 17.9. The van der Waals surface area contributed by atoms with E-state index in [4.69, 9.17) is 12.2 Å². The summed E-state index contributed by atoms with van der Waals surface area (Å²) in [5.41, 5.74) is 8.16. The molecule has 166 valence electrons. The molecule has 1 saturated heterocycles. The number of benzene rings is 1. The van der Waals surface area contributed by atoms with E-state index in [1.807, 2.05) is 36.8 Å². The summed E-state index contributed by atoms with van der Waals surface area (Å²) >= 11 is 5.88. The third-order valence-electron chi connectivity index (χ3n) is 6.37. The van der Waals surface area contributed by atoms with Crippen molar-refractivity contribution in [1.82, 2.24) is 19.9 Å². The Morgan fingerprint density at radius 3 is 2.58 bits per heavy atom. The van der Waals surface area contributed by atoms with Crippen LogP contribution in [0.4, 0.5) is 5.69 Å². The number of nitrogens with one attached hydrogen (secondary N) is 1. The first-order chi connectivity index (χ1) is 16.0. The molecule has 0 bridgehead atoms. The SMILES string of the molecule is Cc1cccc(N2C(=S)N[C@@H](c3ccccn3)[C@@H]2c2cc(C)n(Cc3cccnc3)c2C)c1. The number of hydrogen-bond acceptors (Lipinski definition) is 3. The Balaban J connectivity index is 1.63. The largest absolute Gasteiger partial charge is 0.351 e. The van der Waals surface area contributed by atoms with Crippen molar-refractivity contribution in [3.8, 4) is 0 Å². The fourth-order valence-corrected chi connectivity index (χ4v) is 5.12. The van der Waals surface area contributed by atoms with Gasteiger partial charge in [0.05, 0.1) is 17.8 Å². The summed E-state index contributed by atoms with van der Waals surface area (Å²) < 4.78 is 2.36. The first-order valence-corrected chi connectivity index (χ1v) is 11.6. The van der Waals surface area contributed by atoms with Crippen molar-refractivity contribution in [2.75, 3.05) is 4.90 Å². The van der Waals surface area contributed by atoms with Crippen LogP contribution in [0, 0.1) is 20.8 Å². The molecule has 1 fully saturated rings. The van der Waals surface area contributed by atoms with Crippen LogP contribution in [-0.2, 0) is 6.54 Å². The highest BCUT2D eigenvalue weighted by molar-refractivity contribution is 7.80. The topological polar surface area (TPSA) is 46.0 Å². The van der Waals surface area contributed by atoms with Crippen molar-refractivity contribution in [3.05, 3.63) is 113 Å². The van der Waals surface area contributed by atoms with E-state index in [0.29, 0.717) is 0 Å². The van der Waals surface area contributed by atoms with Gasteiger partial charge in [-0.25, -0.2) is 0 Å². The fourth-order valence-electron chi connectivity index (χ4n) is 4.77. The summed E-state index contributed by atoms with van der Waals surface area (Å²) in [7, 11) is 0. The van der Waals surface area contributed by atoms with Gasteiger partial charge in [0.25, 0.3) is 0 Å². The quantitative estimate of drug-likeness (QED) is 0.408. The Labute approximate surface area is 200 Å². The standard InChI is InChI=1S/C27H27N5S/c1-18-8-6-10-22(14-18)32-26(25(30-27(32)33)24-11-4-5-13-29-24)23-15-19(2)31(20(23)3)17-21-9-7-12-28-16-21/h4-16,25-26H,17H2,1-3H3,(H,30,33)/t25-,26-/m0/s1. The van der Waals surface area contributed by atoms with Crippen LogP contribution >= 0.6 is 12.2 Å². The zero-order valence-corrected chi connectivity index (χ0v) is 19.9. The van der Waals surface area contributed by atoms with E-state index >= 15 is 0 Å². The number of aryl methyl sites for hydroxylation is 2. The van der Waals surface area contributed by atoms with E-state index < -0.39 is 0 Å². The van der Waals surface area contributed by atoms with Crippen molar-refractivity contribution in [2.24, 2.45) is 0 Å². The Bertz CT molecular complexity index is 1280. The molecular formula is C27H27N5S. The second kappa shape index (κ2) is 8.79. The molecular weight excluding hydrogens is 426 g/mol. The van der Waals surface area contributed by atoms with Crippen LogP contribution < -0.4 is 10.2 Å². The van der Waals surface area contributed by atoms with Crippen LogP contribution in [0.15, 0.2) is 79.3 Å². The highest BCUT2D eigenvalue weighted by atomic mass is 32.1. The minimum atomic E-state index is -0.0495. The van der Waals surface area contributed by atoms with Gasteiger partial charge in [-0.15, -0.1) is 0 Å². The second-order valence-corrected chi connectivity index (χ2v) is 9.00. The maximum atomic E-state index is 5.88. The first-order valence-electron chi connectivity index (χ1n) is 11.2. The van der Waals surface area contributed by atoms with E-state index in [1.165, 1.54) is 28.1 Å². The molecule has 2 atom stereocenters. The number of pyridine rings is 2. The molecule has 1 aliphatic heterocycles. The van der Waals surface area contributed by atoms with Crippen molar-refractivity contribution in [2.45, 2.75) is 39.4 Å². The molecule has 0 amide bonds. The number of hydrogen-bond donors (Lipinski definition) is 1. The molecule has 0 radical (unpaired) electrons. The van der Waals surface area contributed by atoms with Crippen molar-refractivity contribution in [3.63, 3.8) is 0 Å². The van der Waals surface area contributed by atoms with Crippen LogP contribution in [-0.4, -0.2) is 19.6 Å². The van der Waals surface area contributed by atoms with Crippen molar-refractivity contribution >= 4 is 23.0 Å². The molecule has 5 nitrogen and oxygen atoms in total. The Morgan fingerprint density at radius 2 is 1.85 bits per heavy atom. The maximum absolute atomic E-state index is 5.88. The zero-order valence-electron chi connectivity index (χ0n) is 19.1. The van der Waals surface area contributed by atoms with Gasteiger partial charge in [-0.05, 0) is 86.1 Å². The highest BCUT2D eigenvalue weighted by Crippen LogP contribution is 2.43. The van der Waals surface area contributed by atoms with Crippen LogP contribution in [0.5, 0.6) is 0 Å². The number of nitrogens with zero attached hydrogens (tertiary/aromatic N) is 4. The monoisotopic (exact) mass is 453 g/mol. The third kappa shape index (κ3) is 4.02. The lowest BCUT2D eigenvalue weighted by Gasteiger charge is -2.28. The van der Waals surface area contributed by atoms with E-state index in [2.05, 4.69) is 88.0 Å². The predicted octanol–water partition coefficient (Wildman–Crippen LogP) is 5.43. The molecule has 5 rings (SSSR count). The van der Waals surface area contributed by atoms with Crippen molar-refractivity contribution < 1.29 is 0 Å². The minimum Gasteiger partial charge on any atom is -0.351 e. The van der Waals surface area contributed by atoms with Gasteiger partial charge in [0.15, 0.2) is 5.11 Å². The smallest absolute Gasteiger partial charge is 0.174 e. The average Bonchev–Trinajstić information content (AvgIpc) is 3.31. The summed E-state index contributed by atoms with van der Waals surface area (Å²) in [5.74, 6) is 0. The molecule has 33 heavy (non-hydrogen) atoms. The lowest BCUT2D eigenvalue weighted by molar-refractivity contribution is 0.563. The summed E-state index contributed by atoms with van der Waals surface area (Å²) in [5, 5.41) is 4.29. The summed E-state index contributed by atoms with van der Waals surface area (Å²) in [6.45, 7) is 7.26. The van der Waals surface area contributed by atoms with Gasteiger partial charge in [-0.1, -0.05) is 24.3 Å². The Kier molecular flexibility index (Phi) is 5.68. The van der Waals surface area contributed by atoms with Gasteiger partial charge >= 0.3 is 0 Å². The fraction of sp³-hybridized carbons (Fsp3) is 0.222. The van der Waals surface area contributed by atoms with Gasteiger partial charge in [-0.2, -0.15) is 0 Å². The molecule has 1 N–H and O–H groups in total. The third-order valence-corrected chi connectivity index (χ3v) is 6.69. The maximum Gasteiger partial charge on any atom is 0.174 e. The number of thiocarbonyl (C=S) groups is 1. The lowest BCUT2D eigenvalue weighted by Crippen LogP contribution is -2.29. The highest BCUT2D eigenvalue weighted by Gasteiger charge is 2.42. The molecule has 4 heterocycles. The van der Waals surface area contributed by atoms with Gasteiger partial charge in [-0.3, -0.25) is 9.97 Å². The molecule has 6 heteroatoms. The number of rotatable bonds is 5. The van der Waals surface area contributed by atoms with Crippen LogP contribution in [0.2, 0.25) is 0 Å². The molecule has 3 aromatic heterocycles. The van der Waals surface area contributed by atoms with Crippen LogP contribution in [0.1, 0.15) is 45.9 Å². The lowest BCUT2D eigenvalue weighted by atomic mass is 9.96. The van der Waals surface area contributed by atoms with E-state index in [1.54, 1.807) is 0 Å². The van der Waals surface area contributed by atoms with E-state index in [0.717, 1.165) is 23.0 Å². The Hall–Kier alpha value is -3.51.